The molecule has 5 heteroatoms. The van der Waals surface area contributed by atoms with Crippen molar-refractivity contribution in [3.63, 3.8) is 0 Å². The Bertz CT molecular complexity index is 500. The van der Waals surface area contributed by atoms with Crippen LogP contribution in [0.1, 0.15) is 42.0 Å². The fourth-order valence-electron chi connectivity index (χ4n) is 2.44. The van der Waals surface area contributed by atoms with Crippen LogP contribution in [-0.2, 0) is 17.8 Å². The summed E-state index contributed by atoms with van der Waals surface area (Å²) in [6.07, 6.45) is 1.30. The van der Waals surface area contributed by atoms with Crippen molar-refractivity contribution in [2.45, 2.75) is 40.2 Å². The number of nitrogens with zero attached hydrogens (tertiary/aromatic N) is 2. The summed E-state index contributed by atoms with van der Waals surface area (Å²) in [6.45, 7) is 5.95. The van der Waals surface area contributed by atoms with Gasteiger partial charge in [0.25, 0.3) is 0 Å². The van der Waals surface area contributed by atoms with Crippen LogP contribution in [0.3, 0.4) is 0 Å². The molecule has 1 aromatic heterocycles. The SMILES string of the molecule is Cc1c2c(nn1CC(N)=O)CC(C)(C)CC2=O. The number of nitrogens with two attached hydrogens (primary N) is 1. The molecule has 2 rings (SSSR count). The molecule has 0 saturated carbocycles. The Balaban J connectivity index is 2.46. The zero-order chi connectivity index (χ0) is 12.8. The molecule has 2 N–H and O–H groups in total. The molecule has 1 aromatic rings. The van der Waals surface area contributed by atoms with Crippen LogP contribution < -0.4 is 5.73 Å². The highest BCUT2D eigenvalue weighted by Crippen LogP contribution is 2.35. The average molecular weight is 235 g/mol. The number of primary amides is 1. The molecule has 0 aromatic carbocycles. The normalized spacial score (nSPS) is 17.9. The first kappa shape index (κ1) is 11.8. The minimum absolute atomic E-state index is 0.0343. The lowest BCUT2D eigenvalue weighted by Crippen LogP contribution is -2.26. The summed E-state index contributed by atoms with van der Waals surface area (Å²) < 4.78 is 1.53. The van der Waals surface area contributed by atoms with E-state index in [0.29, 0.717) is 12.0 Å². The monoisotopic (exact) mass is 235 g/mol. The zero-order valence-corrected chi connectivity index (χ0v) is 10.4. The topological polar surface area (TPSA) is 78.0 Å². The number of ketones is 1. The van der Waals surface area contributed by atoms with Crippen LogP contribution in [0.25, 0.3) is 0 Å². The number of aromatic nitrogens is 2. The first-order valence-corrected chi connectivity index (χ1v) is 5.68. The number of fused-ring (bicyclic) bond motifs is 1. The van der Waals surface area contributed by atoms with Gasteiger partial charge in [-0.05, 0) is 18.8 Å². The molecule has 1 aliphatic rings. The standard InChI is InChI=1S/C12H17N3O2/c1-7-11-8(14-15(7)6-10(13)17)4-12(2,3)5-9(11)16/h4-6H2,1-3H3,(H2,13,17). The highest BCUT2D eigenvalue weighted by atomic mass is 16.1. The Morgan fingerprint density at radius 3 is 2.71 bits per heavy atom. The number of hydrogen-bond acceptors (Lipinski definition) is 3. The summed E-state index contributed by atoms with van der Waals surface area (Å²) >= 11 is 0. The van der Waals surface area contributed by atoms with Crippen LogP contribution in [-0.4, -0.2) is 21.5 Å². The van der Waals surface area contributed by atoms with E-state index >= 15 is 0 Å². The van der Waals surface area contributed by atoms with Crippen molar-refractivity contribution in [3.8, 4) is 0 Å². The average Bonchev–Trinajstić information content (AvgIpc) is 2.39. The van der Waals surface area contributed by atoms with Gasteiger partial charge < -0.3 is 5.73 Å². The molecule has 0 saturated heterocycles. The molecule has 1 amide bonds. The van der Waals surface area contributed by atoms with Crippen molar-refractivity contribution in [1.82, 2.24) is 9.78 Å². The fourth-order valence-corrected chi connectivity index (χ4v) is 2.44. The van der Waals surface area contributed by atoms with Gasteiger partial charge in [0, 0.05) is 12.1 Å². The number of carbonyl (C=O) groups excluding carboxylic acids is 2. The summed E-state index contributed by atoms with van der Waals surface area (Å²) in [5.41, 5.74) is 7.33. The molecule has 0 unspecified atom stereocenters. The van der Waals surface area contributed by atoms with Gasteiger partial charge in [-0.25, -0.2) is 0 Å². The lowest BCUT2D eigenvalue weighted by Gasteiger charge is -2.27. The van der Waals surface area contributed by atoms with E-state index in [1.807, 2.05) is 6.92 Å². The van der Waals surface area contributed by atoms with E-state index in [-0.39, 0.29) is 17.7 Å². The van der Waals surface area contributed by atoms with Gasteiger partial charge >= 0.3 is 0 Å². The minimum atomic E-state index is -0.445. The first-order chi connectivity index (χ1) is 7.80. The second-order valence-corrected chi connectivity index (χ2v) is 5.47. The van der Waals surface area contributed by atoms with Crippen molar-refractivity contribution in [3.05, 3.63) is 17.0 Å². The largest absolute Gasteiger partial charge is 0.368 e. The molecule has 1 aliphatic carbocycles. The molecular formula is C12H17N3O2. The van der Waals surface area contributed by atoms with E-state index in [0.717, 1.165) is 17.8 Å². The number of carbonyl (C=O) groups is 2. The summed E-state index contributed by atoms with van der Waals surface area (Å²) in [6, 6.07) is 0. The summed E-state index contributed by atoms with van der Waals surface area (Å²) in [5, 5.41) is 4.33. The Morgan fingerprint density at radius 1 is 1.47 bits per heavy atom. The second-order valence-electron chi connectivity index (χ2n) is 5.47. The maximum absolute atomic E-state index is 12.1. The molecule has 0 aliphatic heterocycles. The quantitative estimate of drug-likeness (QED) is 0.824. The highest BCUT2D eigenvalue weighted by molar-refractivity contribution is 5.99. The molecule has 0 bridgehead atoms. The van der Waals surface area contributed by atoms with Crippen molar-refractivity contribution in [2.24, 2.45) is 11.1 Å². The Morgan fingerprint density at radius 2 is 2.12 bits per heavy atom. The predicted molar refractivity (Wildman–Crippen MR) is 62.6 cm³/mol. The van der Waals surface area contributed by atoms with Crippen molar-refractivity contribution in [2.75, 3.05) is 0 Å². The Kier molecular flexibility index (Phi) is 2.56. The molecule has 0 atom stereocenters. The van der Waals surface area contributed by atoms with E-state index in [1.54, 1.807) is 0 Å². The second kappa shape index (κ2) is 3.68. The molecule has 0 radical (unpaired) electrons. The van der Waals surface area contributed by atoms with Crippen LogP contribution in [0.5, 0.6) is 0 Å². The van der Waals surface area contributed by atoms with Gasteiger partial charge in [0.2, 0.25) is 5.91 Å². The smallest absolute Gasteiger partial charge is 0.239 e. The van der Waals surface area contributed by atoms with Crippen LogP contribution in [0, 0.1) is 12.3 Å². The van der Waals surface area contributed by atoms with Crippen LogP contribution in [0.2, 0.25) is 0 Å². The molecule has 0 spiro atoms. The van der Waals surface area contributed by atoms with E-state index in [1.165, 1.54) is 4.68 Å². The summed E-state index contributed by atoms with van der Waals surface area (Å²) in [5.74, 6) is -0.330. The summed E-state index contributed by atoms with van der Waals surface area (Å²) in [7, 11) is 0. The molecule has 92 valence electrons. The number of hydrogen-bond donors (Lipinski definition) is 1. The third kappa shape index (κ3) is 2.09. The van der Waals surface area contributed by atoms with E-state index in [9.17, 15) is 9.59 Å². The van der Waals surface area contributed by atoms with Crippen LogP contribution in [0.15, 0.2) is 0 Å². The lowest BCUT2D eigenvalue weighted by atomic mass is 9.76. The molecular weight excluding hydrogens is 218 g/mol. The van der Waals surface area contributed by atoms with Gasteiger partial charge in [-0.1, -0.05) is 13.8 Å². The van der Waals surface area contributed by atoms with Gasteiger partial charge in [0.1, 0.15) is 6.54 Å². The van der Waals surface area contributed by atoms with Crippen molar-refractivity contribution in [1.29, 1.82) is 0 Å². The Labute approximate surface area is 100.0 Å². The maximum Gasteiger partial charge on any atom is 0.239 e. The van der Waals surface area contributed by atoms with Crippen molar-refractivity contribution >= 4 is 11.7 Å². The van der Waals surface area contributed by atoms with Gasteiger partial charge in [-0.3, -0.25) is 14.3 Å². The fraction of sp³-hybridized carbons (Fsp3) is 0.583. The number of rotatable bonds is 2. The molecule has 17 heavy (non-hydrogen) atoms. The van der Waals surface area contributed by atoms with Gasteiger partial charge in [0.05, 0.1) is 11.3 Å². The summed E-state index contributed by atoms with van der Waals surface area (Å²) in [4.78, 5) is 23.0. The third-order valence-corrected chi connectivity index (χ3v) is 3.15. The number of Topliss-reactive ketones (excluding diaryl/α,β-unsaturated/α-hetero) is 1. The molecule has 1 heterocycles. The first-order valence-electron chi connectivity index (χ1n) is 5.68. The van der Waals surface area contributed by atoms with Crippen LogP contribution in [0.4, 0.5) is 0 Å². The predicted octanol–water partition coefficient (Wildman–Crippen LogP) is 0.832. The van der Waals surface area contributed by atoms with Crippen molar-refractivity contribution < 1.29 is 9.59 Å². The highest BCUT2D eigenvalue weighted by Gasteiger charge is 2.35. The van der Waals surface area contributed by atoms with Gasteiger partial charge in [-0.2, -0.15) is 5.10 Å². The van der Waals surface area contributed by atoms with Gasteiger partial charge in [0.15, 0.2) is 5.78 Å². The number of amides is 1. The van der Waals surface area contributed by atoms with E-state index < -0.39 is 5.91 Å². The molecule has 5 nitrogen and oxygen atoms in total. The molecule has 0 fully saturated rings. The third-order valence-electron chi connectivity index (χ3n) is 3.15. The van der Waals surface area contributed by atoms with E-state index in [2.05, 4.69) is 18.9 Å². The maximum atomic E-state index is 12.1. The zero-order valence-electron chi connectivity index (χ0n) is 10.4. The minimum Gasteiger partial charge on any atom is -0.368 e. The van der Waals surface area contributed by atoms with E-state index in [4.69, 9.17) is 5.73 Å². The van der Waals surface area contributed by atoms with Crippen LogP contribution >= 0.6 is 0 Å². The Hall–Kier alpha value is -1.65. The van der Waals surface area contributed by atoms with Gasteiger partial charge in [-0.15, -0.1) is 0 Å². The lowest BCUT2D eigenvalue weighted by molar-refractivity contribution is -0.118.